The average molecular weight is 371 g/mol. The number of nitrogens with zero attached hydrogens (tertiary/aromatic N) is 2. The Hall–Kier alpha value is -3.67. The zero-order chi connectivity index (χ0) is 19.3. The van der Waals surface area contributed by atoms with Crippen LogP contribution in [0.2, 0.25) is 0 Å². The van der Waals surface area contributed by atoms with Crippen LogP contribution in [0, 0.1) is 6.92 Å². The molecule has 4 rings (SSSR count). The number of para-hydroxylation sites is 1. The average Bonchev–Trinajstić information content (AvgIpc) is 3.13. The highest BCUT2D eigenvalue weighted by Gasteiger charge is 2.09. The highest BCUT2D eigenvalue weighted by Crippen LogP contribution is 2.18. The fourth-order valence-electron chi connectivity index (χ4n) is 3.04. The van der Waals surface area contributed by atoms with Crippen LogP contribution in [0.3, 0.4) is 0 Å². The Bertz CT molecular complexity index is 1080. The van der Waals surface area contributed by atoms with Crippen LogP contribution < -0.4 is 10.6 Å². The van der Waals surface area contributed by atoms with Gasteiger partial charge in [0.1, 0.15) is 5.82 Å². The Morgan fingerprint density at radius 3 is 2.61 bits per heavy atom. The lowest BCUT2D eigenvalue weighted by Crippen LogP contribution is -2.15. The van der Waals surface area contributed by atoms with Crippen LogP contribution >= 0.6 is 0 Å². The minimum Gasteiger partial charge on any atom is -0.368 e. The topological polar surface area (TPSA) is 82.7 Å². The van der Waals surface area contributed by atoms with E-state index in [0.29, 0.717) is 5.82 Å². The molecule has 6 heteroatoms. The SMILES string of the molecule is Cc1ccc(NC(=O)c2ccc(NCCc3c[nH]c4ccccc34)nn2)cc1. The van der Waals surface area contributed by atoms with E-state index in [0.717, 1.165) is 29.7 Å². The molecule has 0 aliphatic heterocycles. The molecule has 28 heavy (non-hydrogen) atoms. The molecule has 0 atom stereocenters. The van der Waals surface area contributed by atoms with Crippen molar-refractivity contribution in [3.05, 3.63) is 83.7 Å². The maximum atomic E-state index is 12.3. The van der Waals surface area contributed by atoms with Crippen LogP contribution in [0.15, 0.2) is 66.9 Å². The number of carbonyl (C=O) groups is 1. The van der Waals surface area contributed by atoms with Gasteiger partial charge in [-0.3, -0.25) is 4.79 Å². The van der Waals surface area contributed by atoms with Gasteiger partial charge in [0.15, 0.2) is 5.69 Å². The van der Waals surface area contributed by atoms with Gasteiger partial charge in [-0.2, -0.15) is 0 Å². The Balaban J connectivity index is 1.33. The van der Waals surface area contributed by atoms with Gasteiger partial charge in [-0.15, -0.1) is 10.2 Å². The molecular weight excluding hydrogens is 350 g/mol. The lowest BCUT2D eigenvalue weighted by Gasteiger charge is -2.07. The van der Waals surface area contributed by atoms with Crippen molar-refractivity contribution in [1.82, 2.24) is 15.2 Å². The second-order valence-electron chi connectivity index (χ2n) is 6.66. The summed E-state index contributed by atoms with van der Waals surface area (Å²) in [7, 11) is 0. The lowest BCUT2D eigenvalue weighted by molar-refractivity contribution is 0.102. The first-order valence-corrected chi connectivity index (χ1v) is 9.20. The number of carbonyl (C=O) groups excluding carboxylic acids is 1. The maximum absolute atomic E-state index is 12.3. The number of aryl methyl sites for hydroxylation is 1. The summed E-state index contributed by atoms with van der Waals surface area (Å²) in [5.41, 5.74) is 4.55. The molecule has 2 aromatic heterocycles. The van der Waals surface area contributed by atoms with Crippen molar-refractivity contribution >= 4 is 28.3 Å². The lowest BCUT2D eigenvalue weighted by atomic mass is 10.1. The molecule has 0 aliphatic rings. The molecule has 0 fully saturated rings. The van der Waals surface area contributed by atoms with Crippen molar-refractivity contribution in [2.24, 2.45) is 0 Å². The molecular formula is C22H21N5O. The molecule has 0 saturated carbocycles. The number of fused-ring (bicyclic) bond motifs is 1. The Morgan fingerprint density at radius 2 is 1.82 bits per heavy atom. The number of anilines is 2. The van der Waals surface area contributed by atoms with Crippen molar-refractivity contribution in [1.29, 1.82) is 0 Å². The summed E-state index contributed by atoms with van der Waals surface area (Å²) in [6.45, 7) is 2.73. The van der Waals surface area contributed by atoms with Crippen LogP contribution in [-0.2, 0) is 6.42 Å². The molecule has 0 bridgehead atoms. The van der Waals surface area contributed by atoms with Crippen molar-refractivity contribution in [3.8, 4) is 0 Å². The second-order valence-corrected chi connectivity index (χ2v) is 6.66. The van der Waals surface area contributed by atoms with Gasteiger partial charge >= 0.3 is 0 Å². The molecule has 0 aliphatic carbocycles. The Labute approximate surface area is 163 Å². The molecule has 0 unspecified atom stereocenters. The monoisotopic (exact) mass is 371 g/mol. The van der Waals surface area contributed by atoms with Gasteiger partial charge in [-0.1, -0.05) is 35.9 Å². The first-order chi connectivity index (χ1) is 13.7. The number of nitrogens with one attached hydrogen (secondary N) is 3. The second kappa shape index (κ2) is 7.92. The summed E-state index contributed by atoms with van der Waals surface area (Å²) in [5, 5.41) is 15.4. The van der Waals surface area contributed by atoms with Crippen LogP contribution in [0.5, 0.6) is 0 Å². The molecule has 140 valence electrons. The molecule has 0 saturated heterocycles. The normalized spacial score (nSPS) is 10.8. The molecule has 0 spiro atoms. The summed E-state index contributed by atoms with van der Waals surface area (Å²) in [4.78, 5) is 15.5. The number of aromatic nitrogens is 3. The van der Waals surface area contributed by atoms with Gasteiger partial charge in [-0.05, 0) is 49.2 Å². The van der Waals surface area contributed by atoms with Crippen molar-refractivity contribution in [2.75, 3.05) is 17.2 Å². The number of H-pyrrole nitrogens is 1. The van der Waals surface area contributed by atoms with E-state index >= 15 is 0 Å². The van der Waals surface area contributed by atoms with E-state index in [9.17, 15) is 4.79 Å². The molecule has 6 nitrogen and oxygen atoms in total. The van der Waals surface area contributed by atoms with Gasteiger partial charge in [0.25, 0.3) is 5.91 Å². The van der Waals surface area contributed by atoms with E-state index in [-0.39, 0.29) is 11.6 Å². The first-order valence-electron chi connectivity index (χ1n) is 9.20. The summed E-state index contributed by atoms with van der Waals surface area (Å²) in [5.74, 6) is 0.369. The third-order valence-electron chi connectivity index (χ3n) is 4.58. The minimum absolute atomic E-state index is 0.276. The number of rotatable bonds is 6. The smallest absolute Gasteiger partial charge is 0.276 e. The number of amides is 1. The first kappa shape index (κ1) is 17.7. The third kappa shape index (κ3) is 4.01. The number of aromatic amines is 1. The zero-order valence-electron chi connectivity index (χ0n) is 15.6. The fraction of sp³-hybridized carbons (Fsp3) is 0.136. The van der Waals surface area contributed by atoms with E-state index in [4.69, 9.17) is 0 Å². The maximum Gasteiger partial charge on any atom is 0.276 e. The number of hydrogen-bond donors (Lipinski definition) is 3. The van der Waals surface area contributed by atoms with Gasteiger partial charge in [0.05, 0.1) is 0 Å². The predicted octanol–water partition coefficient (Wildman–Crippen LogP) is 4.17. The van der Waals surface area contributed by atoms with E-state index in [1.54, 1.807) is 12.1 Å². The highest BCUT2D eigenvalue weighted by atomic mass is 16.1. The molecule has 3 N–H and O–H groups in total. The van der Waals surface area contributed by atoms with Crippen LogP contribution in [-0.4, -0.2) is 27.6 Å². The molecule has 0 radical (unpaired) electrons. The number of benzene rings is 2. The van der Waals surface area contributed by atoms with Gasteiger partial charge in [-0.25, -0.2) is 0 Å². The van der Waals surface area contributed by atoms with Gasteiger partial charge in [0.2, 0.25) is 0 Å². The highest BCUT2D eigenvalue weighted by molar-refractivity contribution is 6.02. The number of hydrogen-bond acceptors (Lipinski definition) is 4. The van der Waals surface area contributed by atoms with Crippen LogP contribution in [0.1, 0.15) is 21.6 Å². The van der Waals surface area contributed by atoms with Crippen molar-refractivity contribution in [2.45, 2.75) is 13.3 Å². The summed E-state index contributed by atoms with van der Waals surface area (Å²) in [6.07, 6.45) is 2.90. The van der Waals surface area contributed by atoms with Crippen LogP contribution in [0.4, 0.5) is 11.5 Å². The molecule has 1 amide bonds. The van der Waals surface area contributed by atoms with E-state index in [2.05, 4.69) is 37.9 Å². The zero-order valence-corrected chi connectivity index (χ0v) is 15.6. The Kier molecular flexibility index (Phi) is 5.01. The van der Waals surface area contributed by atoms with Gasteiger partial charge in [0, 0.05) is 29.3 Å². The quantitative estimate of drug-likeness (QED) is 0.475. The Morgan fingerprint density at radius 1 is 1.00 bits per heavy atom. The van der Waals surface area contributed by atoms with E-state index in [1.807, 2.05) is 49.5 Å². The standard InChI is InChI=1S/C22H21N5O/c1-15-6-8-17(9-7-15)25-22(28)20-10-11-21(27-26-20)23-13-12-16-14-24-19-5-3-2-4-18(16)19/h2-11,14,24H,12-13H2,1H3,(H,23,27)(H,25,28). The fourth-order valence-corrected chi connectivity index (χ4v) is 3.04. The predicted molar refractivity (Wildman–Crippen MR) is 112 cm³/mol. The third-order valence-corrected chi connectivity index (χ3v) is 4.58. The molecule has 2 aromatic carbocycles. The van der Waals surface area contributed by atoms with Crippen molar-refractivity contribution in [3.63, 3.8) is 0 Å². The minimum atomic E-state index is -0.276. The van der Waals surface area contributed by atoms with Crippen LogP contribution in [0.25, 0.3) is 10.9 Å². The summed E-state index contributed by atoms with van der Waals surface area (Å²) >= 11 is 0. The van der Waals surface area contributed by atoms with Gasteiger partial charge < -0.3 is 15.6 Å². The summed E-state index contributed by atoms with van der Waals surface area (Å²) in [6, 6.07) is 19.3. The largest absolute Gasteiger partial charge is 0.368 e. The van der Waals surface area contributed by atoms with Crippen molar-refractivity contribution < 1.29 is 4.79 Å². The van der Waals surface area contributed by atoms with E-state index in [1.165, 1.54) is 10.9 Å². The molecule has 4 aromatic rings. The van der Waals surface area contributed by atoms with E-state index < -0.39 is 0 Å². The molecule has 2 heterocycles. The summed E-state index contributed by atoms with van der Waals surface area (Å²) < 4.78 is 0.